The van der Waals surface area contributed by atoms with Gasteiger partial charge < -0.3 is 14.7 Å². The van der Waals surface area contributed by atoms with Gasteiger partial charge in [-0.05, 0) is 17.9 Å². The van der Waals surface area contributed by atoms with Gasteiger partial charge in [-0.3, -0.25) is 0 Å². The van der Waals surface area contributed by atoms with E-state index in [4.69, 9.17) is 4.74 Å². The predicted octanol–water partition coefficient (Wildman–Crippen LogP) is 2.65. The Bertz CT molecular complexity index is 521. The van der Waals surface area contributed by atoms with Gasteiger partial charge in [-0.1, -0.05) is 13.0 Å². The van der Waals surface area contributed by atoms with Crippen molar-refractivity contribution in [2.24, 2.45) is 0 Å². The molecule has 1 aliphatic rings. The molecule has 0 saturated carbocycles. The van der Waals surface area contributed by atoms with Gasteiger partial charge in [0.25, 0.3) is 0 Å². The lowest BCUT2D eigenvalue weighted by atomic mass is 9.93. The first-order chi connectivity index (χ1) is 10.1. The number of benzene rings is 1. The molecule has 1 fully saturated rings. The highest BCUT2D eigenvalue weighted by atomic mass is 32.2. The summed E-state index contributed by atoms with van der Waals surface area (Å²) in [6.07, 6.45) is 1.28. The standard InChI is InChI=1S/C16H22N2O2S/c1-3-21-15-6-4-5-14(13(15)11-17)18(2)12-16(19)7-9-20-10-8-16/h4-6,19H,3,7-10,12H2,1-2H3. The van der Waals surface area contributed by atoms with E-state index < -0.39 is 5.60 Å². The summed E-state index contributed by atoms with van der Waals surface area (Å²) in [5.41, 5.74) is 0.853. The molecule has 0 unspecified atom stereocenters. The van der Waals surface area contributed by atoms with Crippen LogP contribution in [0.3, 0.4) is 0 Å². The first-order valence-electron chi connectivity index (χ1n) is 7.27. The number of hydrogen-bond acceptors (Lipinski definition) is 5. The molecule has 1 heterocycles. The monoisotopic (exact) mass is 306 g/mol. The van der Waals surface area contributed by atoms with E-state index in [-0.39, 0.29) is 0 Å². The zero-order valence-corrected chi connectivity index (χ0v) is 13.4. The molecule has 0 bridgehead atoms. The molecule has 0 aromatic heterocycles. The normalized spacial score (nSPS) is 17.2. The minimum absolute atomic E-state index is 0.519. The van der Waals surface area contributed by atoms with Crippen LogP contribution in [0, 0.1) is 11.3 Å². The van der Waals surface area contributed by atoms with Crippen molar-refractivity contribution in [1.82, 2.24) is 0 Å². The van der Waals surface area contributed by atoms with Crippen LogP contribution in [0.4, 0.5) is 5.69 Å². The highest BCUT2D eigenvalue weighted by Gasteiger charge is 2.31. The Labute approximate surface area is 130 Å². The summed E-state index contributed by atoms with van der Waals surface area (Å²) in [5, 5.41) is 20.1. The zero-order chi connectivity index (χ0) is 15.3. The molecule has 1 N–H and O–H groups in total. The van der Waals surface area contributed by atoms with Gasteiger partial charge in [-0.2, -0.15) is 5.26 Å². The van der Waals surface area contributed by atoms with E-state index in [1.807, 2.05) is 30.1 Å². The largest absolute Gasteiger partial charge is 0.388 e. The molecule has 1 aromatic rings. The topological polar surface area (TPSA) is 56.5 Å². The number of likely N-dealkylation sites (N-methyl/N-ethyl adjacent to an activating group) is 1. The first kappa shape index (κ1) is 16.2. The van der Waals surface area contributed by atoms with Crippen LogP contribution in [0.25, 0.3) is 0 Å². The van der Waals surface area contributed by atoms with Crippen molar-refractivity contribution in [3.8, 4) is 6.07 Å². The van der Waals surface area contributed by atoms with Crippen LogP contribution in [0.15, 0.2) is 23.1 Å². The first-order valence-corrected chi connectivity index (χ1v) is 8.25. The van der Waals surface area contributed by atoms with E-state index in [0.29, 0.717) is 38.2 Å². The molecule has 21 heavy (non-hydrogen) atoms. The third-order valence-electron chi connectivity index (χ3n) is 3.78. The van der Waals surface area contributed by atoms with E-state index in [9.17, 15) is 10.4 Å². The maximum atomic E-state index is 10.6. The van der Waals surface area contributed by atoms with Gasteiger partial charge in [0.2, 0.25) is 0 Å². The minimum Gasteiger partial charge on any atom is -0.388 e. The highest BCUT2D eigenvalue weighted by Crippen LogP contribution is 2.31. The number of rotatable bonds is 5. The Morgan fingerprint density at radius 1 is 1.43 bits per heavy atom. The second kappa shape index (κ2) is 7.17. The van der Waals surface area contributed by atoms with Gasteiger partial charge in [0.05, 0.1) is 16.9 Å². The number of nitriles is 1. The number of nitrogens with zero attached hydrogens (tertiary/aromatic N) is 2. The van der Waals surface area contributed by atoms with E-state index in [1.165, 1.54) is 0 Å². The Balaban J connectivity index is 2.20. The number of ether oxygens (including phenoxy) is 1. The second-order valence-corrected chi connectivity index (χ2v) is 6.69. The molecular formula is C16H22N2O2S. The minimum atomic E-state index is -0.729. The lowest BCUT2D eigenvalue weighted by Crippen LogP contribution is -2.45. The Kier molecular flexibility index (Phi) is 5.51. The number of thioether (sulfide) groups is 1. The summed E-state index contributed by atoms with van der Waals surface area (Å²) < 4.78 is 5.31. The molecule has 1 aliphatic heterocycles. The predicted molar refractivity (Wildman–Crippen MR) is 85.8 cm³/mol. The van der Waals surface area contributed by atoms with E-state index in [1.54, 1.807) is 11.8 Å². The van der Waals surface area contributed by atoms with Crippen LogP contribution in [0.2, 0.25) is 0 Å². The van der Waals surface area contributed by atoms with Gasteiger partial charge in [-0.25, -0.2) is 0 Å². The average molecular weight is 306 g/mol. The fourth-order valence-corrected chi connectivity index (χ4v) is 3.44. The summed E-state index contributed by atoms with van der Waals surface area (Å²) in [6, 6.07) is 8.21. The molecule has 0 aliphatic carbocycles. The van der Waals surface area contributed by atoms with Crippen molar-refractivity contribution in [1.29, 1.82) is 5.26 Å². The molecule has 1 aromatic carbocycles. The average Bonchev–Trinajstić information content (AvgIpc) is 2.47. The zero-order valence-electron chi connectivity index (χ0n) is 12.6. The Morgan fingerprint density at radius 3 is 2.76 bits per heavy atom. The fourth-order valence-electron chi connectivity index (χ4n) is 2.66. The van der Waals surface area contributed by atoms with E-state index >= 15 is 0 Å². The summed E-state index contributed by atoms with van der Waals surface area (Å²) in [4.78, 5) is 2.99. The van der Waals surface area contributed by atoms with Crippen molar-refractivity contribution < 1.29 is 9.84 Å². The van der Waals surface area contributed by atoms with Crippen LogP contribution in [0.1, 0.15) is 25.3 Å². The number of aliphatic hydroxyl groups is 1. The Hall–Kier alpha value is -1.22. The third-order valence-corrected chi connectivity index (χ3v) is 4.72. The quantitative estimate of drug-likeness (QED) is 0.848. The maximum Gasteiger partial charge on any atom is 0.103 e. The van der Waals surface area contributed by atoms with Crippen LogP contribution in [-0.4, -0.2) is 43.3 Å². The van der Waals surface area contributed by atoms with Gasteiger partial charge in [0.1, 0.15) is 6.07 Å². The third kappa shape index (κ3) is 3.91. The smallest absolute Gasteiger partial charge is 0.103 e. The summed E-state index contributed by atoms with van der Waals surface area (Å²) in [6.45, 7) is 3.79. The molecule has 0 atom stereocenters. The molecule has 4 nitrogen and oxygen atoms in total. The molecule has 2 rings (SSSR count). The Morgan fingerprint density at radius 2 is 2.14 bits per heavy atom. The van der Waals surface area contributed by atoms with Crippen LogP contribution >= 0.6 is 11.8 Å². The maximum absolute atomic E-state index is 10.6. The summed E-state index contributed by atoms with van der Waals surface area (Å²) in [5.74, 6) is 0.934. The fraction of sp³-hybridized carbons (Fsp3) is 0.562. The van der Waals surface area contributed by atoms with Crippen molar-refractivity contribution in [3.63, 3.8) is 0 Å². The SMILES string of the molecule is CCSc1cccc(N(C)CC2(O)CCOCC2)c1C#N. The molecule has 0 spiro atoms. The summed E-state index contributed by atoms with van der Waals surface area (Å²) in [7, 11) is 1.93. The molecular weight excluding hydrogens is 284 g/mol. The van der Waals surface area contributed by atoms with Crippen molar-refractivity contribution in [2.45, 2.75) is 30.3 Å². The molecule has 0 amide bonds. The van der Waals surface area contributed by atoms with E-state index in [2.05, 4.69) is 13.0 Å². The van der Waals surface area contributed by atoms with Crippen molar-refractivity contribution >= 4 is 17.4 Å². The van der Waals surface area contributed by atoms with Crippen molar-refractivity contribution in [2.75, 3.05) is 37.5 Å². The van der Waals surface area contributed by atoms with Crippen LogP contribution in [-0.2, 0) is 4.74 Å². The second-order valence-electron chi connectivity index (χ2n) is 5.39. The van der Waals surface area contributed by atoms with Gasteiger partial charge >= 0.3 is 0 Å². The van der Waals surface area contributed by atoms with Crippen LogP contribution < -0.4 is 4.90 Å². The molecule has 0 radical (unpaired) electrons. The molecule has 1 saturated heterocycles. The van der Waals surface area contributed by atoms with Gasteiger partial charge in [0.15, 0.2) is 0 Å². The summed E-state index contributed by atoms with van der Waals surface area (Å²) >= 11 is 1.67. The lowest BCUT2D eigenvalue weighted by molar-refractivity contribution is -0.0572. The van der Waals surface area contributed by atoms with Gasteiger partial charge in [-0.15, -0.1) is 11.8 Å². The van der Waals surface area contributed by atoms with Gasteiger partial charge in [0, 0.05) is 44.5 Å². The van der Waals surface area contributed by atoms with Crippen LogP contribution in [0.5, 0.6) is 0 Å². The highest BCUT2D eigenvalue weighted by molar-refractivity contribution is 7.99. The van der Waals surface area contributed by atoms with Crippen molar-refractivity contribution in [3.05, 3.63) is 23.8 Å². The van der Waals surface area contributed by atoms with E-state index in [0.717, 1.165) is 16.3 Å². The lowest BCUT2D eigenvalue weighted by Gasteiger charge is -2.36. The molecule has 5 heteroatoms. The molecule has 114 valence electrons. The number of anilines is 1. The number of hydrogen-bond donors (Lipinski definition) is 1.